The number of ether oxygens (including phenoxy) is 2. The van der Waals surface area contributed by atoms with E-state index in [0.29, 0.717) is 12.5 Å². The van der Waals surface area contributed by atoms with E-state index in [4.69, 9.17) is 14.5 Å². The van der Waals surface area contributed by atoms with Gasteiger partial charge in [0.1, 0.15) is 5.82 Å². The summed E-state index contributed by atoms with van der Waals surface area (Å²) >= 11 is 0. The number of hydrogen-bond donors (Lipinski definition) is 0. The van der Waals surface area contributed by atoms with Crippen molar-refractivity contribution in [2.75, 3.05) is 20.8 Å². The van der Waals surface area contributed by atoms with Crippen LogP contribution in [0.1, 0.15) is 48.1 Å². The van der Waals surface area contributed by atoms with Gasteiger partial charge in [-0.05, 0) is 53.8 Å². The fourth-order valence-electron chi connectivity index (χ4n) is 4.04. The summed E-state index contributed by atoms with van der Waals surface area (Å²) in [5.74, 6) is 0.280. The van der Waals surface area contributed by atoms with Gasteiger partial charge in [0.25, 0.3) is 0 Å². The maximum Gasteiger partial charge on any atom is 0.213 e. The Morgan fingerprint density at radius 2 is 1.77 bits per heavy atom. The molecule has 2 heterocycles. The van der Waals surface area contributed by atoms with E-state index in [1.807, 2.05) is 12.3 Å². The molecule has 0 radical (unpaired) electrons. The molecule has 160 valence electrons. The predicted octanol–water partition coefficient (Wildman–Crippen LogP) is 5.78. The van der Waals surface area contributed by atoms with Gasteiger partial charge in [0, 0.05) is 36.1 Å². The van der Waals surface area contributed by atoms with E-state index in [9.17, 15) is 4.39 Å². The molecule has 1 aliphatic rings. The summed E-state index contributed by atoms with van der Waals surface area (Å²) in [4.78, 5) is 9.58. The van der Waals surface area contributed by atoms with E-state index in [0.717, 1.165) is 52.8 Å². The molecular weight excluding hydrogens is 391 g/mol. The Morgan fingerprint density at radius 3 is 2.48 bits per heavy atom. The molecule has 1 aliphatic heterocycles. The number of fused-ring (bicyclic) bond motifs is 3. The molecule has 1 unspecified atom stereocenters. The summed E-state index contributed by atoms with van der Waals surface area (Å²) in [6, 6.07) is 14.8. The van der Waals surface area contributed by atoms with Crippen LogP contribution >= 0.6 is 0 Å². The molecule has 1 aromatic heterocycles. The van der Waals surface area contributed by atoms with E-state index in [2.05, 4.69) is 30.1 Å². The van der Waals surface area contributed by atoms with Gasteiger partial charge in [-0.15, -0.1) is 0 Å². The topological polar surface area (TPSA) is 43.7 Å². The van der Waals surface area contributed by atoms with Crippen molar-refractivity contribution in [2.45, 2.75) is 32.2 Å². The van der Waals surface area contributed by atoms with Crippen LogP contribution in [0.4, 0.5) is 4.39 Å². The number of benzene rings is 2. The Bertz CT molecular complexity index is 1090. The molecule has 5 heteroatoms. The zero-order valence-electron chi connectivity index (χ0n) is 18.2. The van der Waals surface area contributed by atoms with E-state index in [-0.39, 0.29) is 11.9 Å². The van der Waals surface area contributed by atoms with Crippen LogP contribution in [0.5, 0.6) is 5.88 Å². The highest BCUT2D eigenvalue weighted by Gasteiger charge is 2.26. The highest BCUT2D eigenvalue weighted by Crippen LogP contribution is 2.39. The number of halogens is 1. The first kappa shape index (κ1) is 21.2. The van der Waals surface area contributed by atoms with Crippen molar-refractivity contribution in [3.05, 3.63) is 82.8 Å². The molecule has 4 nitrogen and oxygen atoms in total. The summed E-state index contributed by atoms with van der Waals surface area (Å²) in [5.41, 5.74) is 7.12. The minimum Gasteiger partial charge on any atom is -0.481 e. The Hall–Kier alpha value is -3.05. The van der Waals surface area contributed by atoms with Gasteiger partial charge in [-0.2, -0.15) is 0 Å². The van der Waals surface area contributed by atoms with Crippen LogP contribution in [-0.2, 0) is 11.2 Å². The number of pyridine rings is 1. The molecule has 4 rings (SSSR count). The zero-order chi connectivity index (χ0) is 21.8. The fourth-order valence-corrected chi connectivity index (χ4v) is 4.04. The lowest BCUT2D eigenvalue weighted by Crippen LogP contribution is -2.09. The number of aliphatic imine (C=N–C) groups is 1. The second-order valence-corrected chi connectivity index (χ2v) is 7.75. The van der Waals surface area contributed by atoms with E-state index < -0.39 is 0 Å². The Kier molecular flexibility index (Phi) is 6.42. The minimum atomic E-state index is -0.265. The number of aromatic nitrogens is 1. The van der Waals surface area contributed by atoms with Gasteiger partial charge in [-0.25, -0.2) is 9.37 Å². The summed E-state index contributed by atoms with van der Waals surface area (Å²) < 4.78 is 24.5. The van der Waals surface area contributed by atoms with Gasteiger partial charge in [0.2, 0.25) is 5.88 Å². The molecule has 0 bridgehead atoms. The first-order valence-corrected chi connectivity index (χ1v) is 10.6. The lowest BCUT2D eigenvalue weighted by Gasteiger charge is -2.16. The van der Waals surface area contributed by atoms with Crippen LogP contribution in [0.15, 0.2) is 59.7 Å². The number of unbranched alkanes of at least 4 members (excludes halogenated alkanes) is 1. The zero-order valence-corrected chi connectivity index (χ0v) is 18.2. The van der Waals surface area contributed by atoms with Gasteiger partial charge in [-0.3, -0.25) is 4.99 Å². The lowest BCUT2D eigenvalue weighted by atomic mass is 9.90. The van der Waals surface area contributed by atoms with Crippen molar-refractivity contribution in [1.82, 2.24) is 4.98 Å². The molecule has 2 aromatic carbocycles. The van der Waals surface area contributed by atoms with Gasteiger partial charge < -0.3 is 9.47 Å². The lowest BCUT2D eigenvalue weighted by molar-refractivity contribution is 0.181. The number of aryl methyl sites for hydroxylation is 1. The normalized spacial score (nSPS) is 15.0. The van der Waals surface area contributed by atoms with Gasteiger partial charge >= 0.3 is 0 Å². The molecule has 0 aliphatic carbocycles. The van der Waals surface area contributed by atoms with E-state index >= 15 is 0 Å². The largest absolute Gasteiger partial charge is 0.481 e. The summed E-state index contributed by atoms with van der Waals surface area (Å²) in [7, 11) is 3.28. The van der Waals surface area contributed by atoms with E-state index in [1.165, 1.54) is 17.7 Å². The molecule has 0 saturated carbocycles. The molecule has 31 heavy (non-hydrogen) atoms. The quantitative estimate of drug-likeness (QED) is 0.489. The predicted molar refractivity (Wildman–Crippen MR) is 121 cm³/mol. The second-order valence-electron chi connectivity index (χ2n) is 7.75. The van der Waals surface area contributed by atoms with Crippen LogP contribution in [0.25, 0.3) is 11.1 Å². The van der Waals surface area contributed by atoms with Crippen molar-refractivity contribution < 1.29 is 13.9 Å². The molecule has 0 amide bonds. The average Bonchev–Trinajstić information content (AvgIpc) is 2.93. The Morgan fingerprint density at radius 1 is 0.968 bits per heavy atom. The highest BCUT2D eigenvalue weighted by molar-refractivity contribution is 6.17. The van der Waals surface area contributed by atoms with Crippen LogP contribution in [0.3, 0.4) is 0 Å². The van der Waals surface area contributed by atoms with E-state index in [1.54, 1.807) is 26.4 Å². The number of rotatable bonds is 7. The van der Waals surface area contributed by atoms with Crippen LogP contribution in [0.2, 0.25) is 0 Å². The van der Waals surface area contributed by atoms with Crippen LogP contribution < -0.4 is 4.74 Å². The standard InChI is InChI=1S/C26H27FN2O2/c1-4-5-6-17-7-12-20-21(13-17)23-15-28-25(31-3)14-22(23)24(16-30-2)29-26(20)18-8-10-19(27)11-9-18/h7-15,24H,4-6,16H2,1-3H3. The SMILES string of the molecule is CCCCc1ccc2c(c1)-c1cnc(OC)cc1C(COC)N=C2c1ccc(F)cc1. The van der Waals surface area contributed by atoms with Crippen molar-refractivity contribution in [3.8, 4) is 17.0 Å². The van der Waals surface area contributed by atoms with Crippen LogP contribution in [-0.4, -0.2) is 31.5 Å². The number of hydrogen-bond acceptors (Lipinski definition) is 4. The summed E-state index contributed by atoms with van der Waals surface area (Å²) in [6.07, 6.45) is 5.16. The average molecular weight is 419 g/mol. The number of nitrogens with zero attached hydrogens (tertiary/aromatic N) is 2. The summed E-state index contributed by atoms with van der Waals surface area (Å²) in [6.45, 7) is 2.62. The van der Waals surface area contributed by atoms with Crippen molar-refractivity contribution in [1.29, 1.82) is 0 Å². The molecule has 0 saturated heterocycles. The van der Waals surface area contributed by atoms with Gasteiger partial charge in [0.15, 0.2) is 0 Å². The van der Waals surface area contributed by atoms with Crippen molar-refractivity contribution in [2.24, 2.45) is 4.99 Å². The molecular formula is C26H27FN2O2. The molecule has 0 N–H and O–H groups in total. The van der Waals surface area contributed by atoms with Gasteiger partial charge in [0.05, 0.1) is 25.5 Å². The highest BCUT2D eigenvalue weighted by atomic mass is 19.1. The third kappa shape index (κ3) is 4.37. The third-order valence-electron chi connectivity index (χ3n) is 5.65. The second kappa shape index (κ2) is 9.40. The van der Waals surface area contributed by atoms with Crippen molar-refractivity contribution >= 4 is 5.71 Å². The first-order chi connectivity index (χ1) is 15.1. The Labute approximate surface area is 182 Å². The maximum absolute atomic E-state index is 13.6. The van der Waals surface area contributed by atoms with Crippen LogP contribution in [0, 0.1) is 5.82 Å². The fraction of sp³-hybridized carbons (Fsp3) is 0.308. The smallest absolute Gasteiger partial charge is 0.213 e. The summed E-state index contributed by atoms with van der Waals surface area (Å²) in [5, 5.41) is 0. The molecule has 3 aromatic rings. The monoisotopic (exact) mass is 418 g/mol. The minimum absolute atomic E-state index is 0.233. The Balaban J connectivity index is 1.96. The molecule has 1 atom stereocenters. The molecule has 0 spiro atoms. The van der Waals surface area contributed by atoms with Crippen molar-refractivity contribution in [3.63, 3.8) is 0 Å². The molecule has 0 fully saturated rings. The number of methoxy groups -OCH3 is 2. The van der Waals surface area contributed by atoms with Gasteiger partial charge in [-0.1, -0.05) is 31.5 Å². The first-order valence-electron chi connectivity index (χ1n) is 10.6. The maximum atomic E-state index is 13.6. The third-order valence-corrected chi connectivity index (χ3v) is 5.65.